The van der Waals surface area contributed by atoms with Crippen molar-refractivity contribution in [3.05, 3.63) is 53.6 Å². The zero-order valence-electron chi connectivity index (χ0n) is 15.7. The number of hydrazone groups is 1. The molecule has 0 aliphatic heterocycles. The van der Waals surface area contributed by atoms with Crippen LogP contribution in [0, 0.1) is 6.92 Å². The highest BCUT2D eigenvalue weighted by Crippen LogP contribution is 2.27. The molecule has 0 aliphatic rings. The van der Waals surface area contributed by atoms with Gasteiger partial charge < -0.3 is 18.9 Å². The number of hydrogen-bond acceptors (Lipinski definition) is 6. The quantitative estimate of drug-likeness (QED) is 0.414. The molecule has 0 atom stereocenters. The standard InChI is InChI=1S/C20H24N2O5/c1-15-7-4-5-8-17(15)26-11-6-12-27-18-10-9-16(13-19(18)24-2)14-21-22-20(23)25-3/h4-5,7-10,13-14H,6,11-12H2,1-3H3,(H,22,23). The van der Waals surface area contributed by atoms with Gasteiger partial charge in [-0.2, -0.15) is 5.10 Å². The predicted octanol–water partition coefficient (Wildman–Crippen LogP) is 3.54. The van der Waals surface area contributed by atoms with Crippen LogP contribution in [0.2, 0.25) is 0 Å². The number of carbonyl (C=O) groups excluding carboxylic acids is 1. The van der Waals surface area contributed by atoms with Gasteiger partial charge in [0.15, 0.2) is 11.5 Å². The second kappa shape index (κ2) is 10.7. The molecule has 0 unspecified atom stereocenters. The van der Waals surface area contributed by atoms with Gasteiger partial charge in [0.1, 0.15) is 5.75 Å². The van der Waals surface area contributed by atoms with Crippen LogP contribution in [0.15, 0.2) is 47.6 Å². The Hall–Kier alpha value is -3.22. The monoisotopic (exact) mass is 372 g/mol. The summed E-state index contributed by atoms with van der Waals surface area (Å²) in [4.78, 5) is 11.0. The minimum atomic E-state index is -0.633. The lowest BCUT2D eigenvalue weighted by Gasteiger charge is -2.12. The molecule has 0 saturated carbocycles. The van der Waals surface area contributed by atoms with Crippen molar-refractivity contribution >= 4 is 12.3 Å². The van der Waals surface area contributed by atoms with Gasteiger partial charge in [0.25, 0.3) is 0 Å². The number of nitrogens with zero attached hydrogens (tertiary/aromatic N) is 1. The molecule has 2 aromatic carbocycles. The Kier molecular flexibility index (Phi) is 7.96. The van der Waals surface area contributed by atoms with Crippen molar-refractivity contribution in [3.63, 3.8) is 0 Å². The molecule has 1 amide bonds. The number of nitrogens with one attached hydrogen (secondary N) is 1. The van der Waals surface area contributed by atoms with E-state index in [0.29, 0.717) is 24.7 Å². The number of rotatable bonds is 9. The van der Waals surface area contributed by atoms with Crippen LogP contribution in [-0.4, -0.2) is 39.7 Å². The molecule has 0 heterocycles. The van der Waals surface area contributed by atoms with E-state index in [0.717, 1.165) is 23.3 Å². The summed E-state index contributed by atoms with van der Waals surface area (Å²) >= 11 is 0. The van der Waals surface area contributed by atoms with E-state index in [1.165, 1.54) is 13.3 Å². The van der Waals surface area contributed by atoms with Crippen molar-refractivity contribution in [2.45, 2.75) is 13.3 Å². The fraction of sp³-hybridized carbons (Fsp3) is 0.300. The molecule has 7 nitrogen and oxygen atoms in total. The molecule has 0 aliphatic carbocycles. The summed E-state index contributed by atoms with van der Waals surface area (Å²) in [6.45, 7) is 3.08. The fourth-order valence-corrected chi connectivity index (χ4v) is 2.23. The van der Waals surface area contributed by atoms with E-state index >= 15 is 0 Å². The van der Waals surface area contributed by atoms with Crippen molar-refractivity contribution in [1.29, 1.82) is 0 Å². The summed E-state index contributed by atoms with van der Waals surface area (Å²) in [6, 6.07) is 13.3. The van der Waals surface area contributed by atoms with Crippen LogP contribution < -0.4 is 19.6 Å². The summed E-state index contributed by atoms with van der Waals surface area (Å²) < 4.78 is 21.3. The number of aryl methyl sites for hydroxylation is 1. The summed E-state index contributed by atoms with van der Waals surface area (Å²) in [5.74, 6) is 2.10. The lowest BCUT2D eigenvalue weighted by molar-refractivity contribution is 0.171. The molecule has 144 valence electrons. The molecule has 0 fully saturated rings. The molecule has 27 heavy (non-hydrogen) atoms. The van der Waals surface area contributed by atoms with Gasteiger partial charge in [0.05, 0.1) is 33.6 Å². The van der Waals surface area contributed by atoms with E-state index < -0.39 is 6.09 Å². The lowest BCUT2D eigenvalue weighted by atomic mass is 10.2. The lowest BCUT2D eigenvalue weighted by Crippen LogP contribution is -2.16. The van der Waals surface area contributed by atoms with Crippen LogP contribution in [0.1, 0.15) is 17.5 Å². The fourth-order valence-electron chi connectivity index (χ4n) is 2.23. The molecular formula is C20H24N2O5. The maximum atomic E-state index is 11.0. The van der Waals surface area contributed by atoms with Crippen molar-refractivity contribution in [2.24, 2.45) is 5.10 Å². The third kappa shape index (κ3) is 6.54. The normalized spacial score (nSPS) is 10.5. The van der Waals surface area contributed by atoms with E-state index in [1.54, 1.807) is 19.2 Å². The van der Waals surface area contributed by atoms with Gasteiger partial charge in [-0.15, -0.1) is 0 Å². The van der Waals surface area contributed by atoms with Crippen molar-refractivity contribution in [2.75, 3.05) is 27.4 Å². The molecule has 0 spiro atoms. The maximum absolute atomic E-state index is 11.0. The third-order valence-electron chi connectivity index (χ3n) is 3.64. The van der Waals surface area contributed by atoms with Crippen molar-refractivity contribution in [1.82, 2.24) is 5.43 Å². The van der Waals surface area contributed by atoms with Crippen LogP contribution in [0.3, 0.4) is 0 Å². The van der Waals surface area contributed by atoms with Gasteiger partial charge in [0.2, 0.25) is 0 Å². The van der Waals surface area contributed by atoms with Gasteiger partial charge in [-0.25, -0.2) is 10.2 Å². The first-order chi connectivity index (χ1) is 13.1. The third-order valence-corrected chi connectivity index (χ3v) is 3.64. The van der Waals surface area contributed by atoms with Crippen molar-refractivity contribution < 1.29 is 23.7 Å². The van der Waals surface area contributed by atoms with Crippen molar-refractivity contribution in [3.8, 4) is 17.2 Å². The molecule has 0 aromatic heterocycles. The minimum Gasteiger partial charge on any atom is -0.493 e. The maximum Gasteiger partial charge on any atom is 0.427 e. The van der Waals surface area contributed by atoms with Crippen LogP contribution >= 0.6 is 0 Å². The number of benzene rings is 2. The predicted molar refractivity (Wildman–Crippen MR) is 103 cm³/mol. The van der Waals surface area contributed by atoms with Gasteiger partial charge >= 0.3 is 6.09 Å². The highest BCUT2D eigenvalue weighted by atomic mass is 16.5. The summed E-state index contributed by atoms with van der Waals surface area (Å²) in [5.41, 5.74) is 4.08. The Balaban J connectivity index is 1.82. The zero-order chi connectivity index (χ0) is 19.5. The van der Waals surface area contributed by atoms with Crippen LogP contribution in [0.4, 0.5) is 4.79 Å². The highest BCUT2D eigenvalue weighted by Gasteiger charge is 2.06. The van der Waals surface area contributed by atoms with Gasteiger partial charge in [-0.3, -0.25) is 0 Å². The van der Waals surface area contributed by atoms with Gasteiger partial charge in [-0.1, -0.05) is 18.2 Å². The number of ether oxygens (including phenoxy) is 4. The summed E-state index contributed by atoms with van der Waals surface area (Å²) in [6.07, 6.45) is 1.59. The second-order valence-electron chi connectivity index (χ2n) is 5.59. The molecule has 2 rings (SSSR count). The van der Waals surface area contributed by atoms with Gasteiger partial charge in [-0.05, 0) is 42.3 Å². The SMILES string of the molecule is COC(=O)NN=Cc1ccc(OCCCOc2ccccc2C)c(OC)c1. The number of para-hydroxylation sites is 1. The topological polar surface area (TPSA) is 78.4 Å². The Morgan fingerprint density at radius 1 is 1.04 bits per heavy atom. The minimum absolute atomic E-state index is 0.500. The zero-order valence-corrected chi connectivity index (χ0v) is 15.7. The van der Waals surface area contributed by atoms with E-state index in [-0.39, 0.29) is 0 Å². The number of carbonyl (C=O) groups is 1. The molecular weight excluding hydrogens is 348 g/mol. The molecule has 0 radical (unpaired) electrons. The highest BCUT2D eigenvalue weighted by molar-refractivity contribution is 5.82. The first kappa shape index (κ1) is 20.1. The number of methoxy groups -OCH3 is 2. The summed E-state index contributed by atoms with van der Waals surface area (Å²) in [5, 5.41) is 3.78. The van der Waals surface area contributed by atoms with E-state index in [9.17, 15) is 4.79 Å². The second-order valence-corrected chi connectivity index (χ2v) is 5.59. The smallest absolute Gasteiger partial charge is 0.427 e. The Bertz CT molecular complexity index is 777. The van der Waals surface area contributed by atoms with E-state index in [4.69, 9.17) is 14.2 Å². The molecule has 7 heteroatoms. The van der Waals surface area contributed by atoms with Gasteiger partial charge in [0, 0.05) is 6.42 Å². The van der Waals surface area contributed by atoms with Crippen LogP contribution in [0.25, 0.3) is 0 Å². The Morgan fingerprint density at radius 2 is 1.78 bits per heavy atom. The summed E-state index contributed by atoms with van der Waals surface area (Å²) in [7, 11) is 2.84. The molecule has 0 bridgehead atoms. The van der Waals surface area contributed by atoms with E-state index in [1.807, 2.05) is 37.3 Å². The number of hydrogen-bond donors (Lipinski definition) is 1. The first-order valence-electron chi connectivity index (χ1n) is 8.50. The largest absolute Gasteiger partial charge is 0.493 e. The van der Waals surface area contributed by atoms with Crippen LogP contribution in [-0.2, 0) is 4.74 Å². The number of amides is 1. The van der Waals surface area contributed by atoms with Crippen LogP contribution in [0.5, 0.6) is 17.2 Å². The Labute approximate surface area is 158 Å². The first-order valence-corrected chi connectivity index (χ1v) is 8.50. The Morgan fingerprint density at radius 3 is 2.48 bits per heavy atom. The molecule has 2 aromatic rings. The molecule has 0 saturated heterocycles. The molecule has 1 N–H and O–H groups in total. The average molecular weight is 372 g/mol. The van der Waals surface area contributed by atoms with E-state index in [2.05, 4.69) is 15.3 Å². The average Bonchev–Trinajstić information content (AvgIpc) is 2.69.